The number of benzene rings is 1. The molecule has 2 N–H and O–H groups in total. The van der Waals surface area contributed by atoms with Crippen LogP contribution < -0.4 is 5.32 Å². The average molecular weight is 370 g/mol. The van der Waals surface area contributed by atoms with Crippen LogP contribution >= 0.6 is 0 Å². The molecule has 1 fully saturated rings. The predicted molar refractivity (Wildman–Crippen MR) is 98.2 cm³/mol. The number of carbonyl (C=O) groups is 3. The minimum absolute atomic E-state index is 0.0729. The standard InChI is InChI=1S/C19H22N4O4/c1-13(21)16(11-20)17(24)12-27-18(25)14-7-9-23(10-8-14)19(26)22-15-5-3-2-4-6-15/h2-6,14,16,21H,7-10,12H2,1H3,(H,22,26). The molecule has 0 saturated carbocycles. The molecule has 1 heterocycles. The van der Waals surface area contributed by atoms with Crippen LogP contribution in [-0.4, -0.2) is 48.1 Å². The van der Waals surface area contributed by atoms with E-state index in [9.17, 15) is 14.4 Å². The average Bonchev–Trinajstić information content (AvgIpc) is 2.67. The summed E-state index contributed by atoms with van der Waals surface area (Å²) in [6, 6.07) is 10.6. The molecule has 1 aliphatic heterocycles. The van der Waals surface area contributed by atoms with Crippen molar-refractivity contribution in [3.05, 3.63) is 30.3 Å². The number of para-hydroxylation sites is 1. The molecule has 1 aromatic carbocycles. The molecule has 0 radical (unpaired) electrons. The van der Waals surface area contributed by atoms with Crippen LogP contribution in [-0.2, 0) is 14.3 Å². The fraction of sp³-hybridized carbons (Fsp3) is 0.421. The molecule has 27 heavy (non-hydrogen) atoms. The summed E-state index contributed by atoms with van der Waals surface area (Å²) < 4.78 is 5.01. The Kier molecular flexibility index (Phi) is 7.06. The molecule has 2 rings (SSSR count). The van der Waals surface area contributed by atoms with E-state index in [1.165, 1.54) is 6.92 Å². The van der Waals surface area contributed by atoms with Crippen LogP contribution in [0.15, 0.2) is 30.3 Å². The van der Waals surface area contributed by atoms with E-state index in [1.807, 2.05) is 18.2 Å². The molecular formula is C19H22N4O4. The largest absolute Gasteiger partial charge is 0.457 e. The molecule has 1 atom stereocenters. The summed E-state index contributed by atoms with van der Waals surface area (Å²) in [7, 11) is 0. The third-order valence-corrected chi connectivity index (χ3v) is 4.38. The van der Waals surface area contributed by atoms with Gasteiger partial charge >= 0.3 is 12.0 Å². The van der Waals surface area contributed by atoms with E-state index in [0.717, 1.165) is 0 Å². The van der Waals surface area contributed by atoms with Gasteiger partial charge in [0.2, 0.25) is 0 Å². The number of nitriles is 1. The molecule has 2 amide bonds. The highest BCUT2D eigenvalue weighted by molar-refractivity contribution is 6.06. The van der Waals surface area contributed by atoms with Gasteiger partial charge in [0.05, 0.1) is 12.0 Å². The maximum Gasteiger partial charge on any atom is 0.321 e. The smallest absolute Gasteiger partial charge is 0.321 e. The van der Waals surface area contributed by atoms with Gasteiger partial charge in [0.25, 0.3) is 0 Å². The third-order valence-electron chi connectivity index (χ3n) is 4.38. The summed E-state index contributed by atoms with van der Waals surface area (Å²) in [5.41, 5.74) is 0.632. The minimum Gasteiger partial charge on any atom is -0.457 e. The van der Waals surface area contributed by atoms with Crippen molar-refractivity contribution in [1.82, 2.24) is 4.90 Å². The summed E-state index contributed by atoms with van der Waals surface area (Å²) in [5.74, 6) is -2.68. The normalized spacial score (nSPS) is 15.3. The van der Waals surface area contributed by atoms with Crippen LogP contribution in [0.5, 0.6) is 0 Å². The Morgan fingerprint density at radius 2 is 1.93 bits per heavy atom. The zero-order valence-corrected chi connectivity index (χ0v) is 15.1. The topological polar surface area (TPSA) is 123 Å². The molecule has 1 aromatic rings. The number of anilines is 1. The number of hydrogen-bond acceptors (Lipinski definition) is 6. The SMILES string of the molecule is CC(=N)C(C#N)C(=O)COC(=O)C1CCN(C(=O)Nc2ccccc2)CC1. The number of ether oxygens (including phenoxy) is 1. The zero-order chi connectivity index (χ0) is 19.8. The van der Waals surface area contributed by atoms with Crippen LogP contribution in [0, 0.1) is 28.6 Å². The predicted octanol–water partition coefficient (Wildman–Crippen LogP) is 2.22. The van der Waals surface area contributed by atoms with Gasteiger partial charge in [-0.15, -0.1) is 0 Å². The highest BCUT2D eigenvalue weighted by Gasteiger charge is 2.29. The Morgan fingerprint density at radius 3 is 2.48 bits per heavy atom. The Bertz CT molecular complexity index is 749. The number of nitrogens with one attached hydrogen (secondary N) is 2. The van der Waals surface area contributed by atoms with E-state index in [0.29, 0.717) is 31.6 Å². The van der Waals surface area contributed by atoms with Crippen LogP contribution in [0.25, 0.3) is 0 Å². The lowest BCUT2D eigenvalue weighted by molar-refractivity contribution is -0.153. The van der Waals surface area contributed by atoms with Crippen molar-refractivity contribution in [2.45, 2.75) is 19.8 Å². The Morgan fingerprint density at radius 1 is 1.30 bits per heavy atom. The maximum absolute atomic E-state index is 12.2. The molecule has 1 saturated heterocycles. The van der Waals surface area contributed by atoms with Crippen molar-refractivity contribution in [2.75, 3.05) is 25.0 Å². The van der Waals surface area contributed by atoms with Gasteiger partial charge in [-0.2, -0.15) is 5.26 Å². The Hall–Kier alpha value is -3.21. The second-order valence-electron chi connectivity index (χ2n) is 6.38. The monoisotopic (exact) mass is 370 g/mol. The molecule has 0 bridgehead atoms. The van der Waals surface area contributed by atoms with Crippen molar-refractivity contribution in [3.8, 4) is 6.07 Å². The summed E-state index contributed by atoms with van der Waals surface area (Å²) in [6.45, 7) is 1.67. The van der Waals surface area contributed by atoms with Crippen LogP contribution in [0.2, 0.25) is 0 Å². The van der Waals surface area contributed by atoms with Gasteiger partial charge in [-0.3, -0.25) is 9.59 Å². The number of ketones is 1. The van der Waals surface area contributed by atoms with Crippen LogP contribution in [0.1, 0.15) is 19.8 Å². The summed E-state index contributed by atoms with van der Waals surface area (Å²) in [5, 5.41) is 19.1. The highest BCUT2D eigenvalue weighted by Crippen LogP contribution is 2.20. The highest BCUT2D eigenvalue weighted by atomic mass is 16.5. The number of likely N-dealkylation sites (tertiary alicyclic amines) is 1. The van der Waals surface area contributed by atoms with Gasteiger partial charge < -0.3 is 20.4 Å². The summed E-state index contributed by atoms with van der Waals surface area (Å²) >= 11 is 0. The van der Waals surface area contributed by atoms with Gasteiger partial charge in [0.15, 0.2) is 12.4 Å². The Balaban J connectivity index is 1.77. The van der Waals surface area contributed by atoms with E-state index in [2.05, 4.69) is 5.32 Å². The molecule has 0 spiro atoms. The van der Waals surface area contributed by atoms with E-state index in [4.69, 9.17) is 15.4 Å². The van der Waals surface area contributed by atoms with Crippen LogP contribution in [0.3, 0.4) is 0 Å². The molecule has 1 unspecified atom stereocenters. The molecular weight excluding hydrogens is 348 g/mol. The summed E-state index contributed by atoms with van der Waals surface area (Å²) in [4.78, 5) is 37.8. The molecule has 0 aromatic heterocycles. The van der Waals surface area contributed by atoms with Gasteiger partial charge in [-0.1, -0.05) is 18.2 Å². The number of Topliss-reactive ketones (excluding diaryl/α,β-unsaturated/α-hetero) is 1. The molecule has 1 aliphatic rings. The van der Waals surface area contributed by atoms with Crippen LogP contribution in [0.4, 0.5) is 10.5 Å². The Labute approximate surface area is 157 Å². The first-order valence-electron chi connectivity index (χ1n) is 8.67. The lowest BCUT2D eigenvalue weighted by atomic mass is 9.97. The lowest BCUT2D eigenvalue weighted by Crippen LogP contribution is -2.43. The number of esters is 1. The second-order valence-corrected chi connectivity index (χ2v) is 6.38. The molecule has 0 aliphatic carbocycles. The number of piperidine rings is 1. The first-order valence-corrected chi connectivity index (χ1v) is 8.67. The van der Waals surface area contributed by atoms with E-state index in [1.54, 1.807) is 23.1 Å². The maximum atomic E-state index is 12.2. The number of amides is 2. The molecule has 142 valence electrons. The van der Waals surface area contributed by atoms with Crippen molar-refractivity contribution in [1.29, 1.82) is 10.7 Å². The quantitative estimate of drug-likeness (QED) is 0.587. The fourth-order valence-corrected chi connectivity index (χ4v) is 2.80. The molecule has 8 heteroatoms. The lowest BCUT2D eigenvalue weighted by Gasteiger charge is -2.30. The summed E-state index contributed by atoms with van der Waals surface area (Å²) in [6.07, 6.45) is 0.890. The van der Waals surface area contributed by atoms with Crippen molar-refractivity contribution >= 4 is 29.2 Å². The van der Waals surface area contributed by atoms with Crippen molar-refractivity contribution in [3.63, 3.8) is 0 Å². The first-order chi connectivity index (χ1) is 12.9. The number of hydrogen-bond donors (Lipinski definition) is 2. The van der Waals surface area contributed by atoms with Crippen molar-refractivity contribution < 1.29 is 19.1 Å². The van der Waals surface area contributed by atoms with Gasteiger partial charge in [-0.05, 0) is 31.9 Å². The van der Waals surface area contributed by atoms with Gasteiger partial charge in [-0.25, -0.2) is 4.79 Å². The van der Waals surface area contributed by atoms with Crippen molar-refractivity contribution in [2.24, 2.45) is 11.8 Å². The van der Waals surface area contributed by atoms with E-state index >= 15 is 0 Å². The van der Waals surface area contributed by atoms with Gasteiger partial charge in [0, 0.05) is 24.5 Å². The fourth-order valence-electron chi connectivity index (χ4n) is 2.80. The number of rotatable bonds is 6. The van der Waals surface area contributed by atoms with E-state index in [-0.39, 0.29) is 17.7 Å². The van der Waals surface area contributed by atoms with E-state index < -0.39 is 24.3 Å². The van der Waals surface area contributed by atoms with Gasteiger partial charge in [0.1, 0.15) is 5.92 Å². The second kappa shape index (κ2) is 9.48. The number of carbonyl (C=O) groups excluding carboxylic acids is 3. The molecule has 8 nitrogen and oxygen atoms in total. The first kappa shape index (κ1) is 20.1. The third kappa shape index (κ3) is 5.64. The number of nitrogens with zero attached hydrogens (tertiary/aromatic N) is 2. The number of urea groups is 1. The minimum atomic E-state index is -1.18. The zero-order valence-electron chi connectivity index (χ0n) is 15.1.